The molecule has 0 bridgehead atoms. The highest BCUT2D eigenvalue weighted by atomic mass is 32.1. The third-order valence-corrected chi connectivity index (χ3v) is 3.02. The number of carboxylic acid groups (broad SMARTS) is 1. The number of carbonyl (C=O) groups is 1. The van der Waals surface area contributed by atoms with Crippen molar-refractivity contribution in [2.24, 2.45) is 0 Å². The molecule has 0 saturated heterocycles. The van der Waals surface area contributed by atoms with Gasteiger partial charge >= 0.3 is 5.97 Å². The lowest BCUT2D eigenvalue weighted by atomic mass is 10.2. The van der Waals surface area contributed by atoms with Crippen molar-refractivity contribution in [3.8, 4) is 0 Å². The molecular weight excluding hydrogens is 230 g/mol. The maximum Gasteiger partial charge on any atom is 0.303 e. The molecule has 84 valence electrons. The number of nitrogens with zero attached hydrogens (tertiary/aromatic N) is 3. The van der Waals surface area contributed by atoms with Gasteiger partial charge in [-0.05, 0) is 6.92 Å². The second-order valence-electron chi connectivity index (χ2n) is 3.33. The van der Waals surface area contributed by atoms with Gasteiger partial charge in [0.2, 0.25) is 4.96 Å². The molecule has 0 aliphatic carbocycles. The van der Waals surface area contributed by atoms with Crippen LogP contribution in [0.4, 0.5) is 0 Å². The molecule has 0 atom stereocenters. The average molecular weight is 239 g/mol. The maximum atomic E-state index is 11.5. The standard InChI is InChI=1S/C9H9N3O3S/c1-5-4-16-9-10-8(15)6(11-12(5)9)2-3-7(13)14/h4H,2-3H2,1H3,(H,13,14). The quantitative estimate of drug-likeness (QED) is 0.841. The van der Waals surface area contributed by atoms with Crippen LogP contribution in [0.3, 0.4) is 0 Å². The van der Waals surface area contributed by atoms with Crippen LogP contribution in [0.2, 0.25) is 0 Å². The molecule has 2 aromatic rings. The molecule has 2 heterocycles. The lowest BCUT2D eigenvalue weighted by molar-refractivity contribution is -0.136. The van der Waals surface area contributed by atoms with Crippen LogP contribution in [0.15, 0.2) is 10.2 Å². The summed E-state index contributed by atoms with van der Waals surface area (Å²) < 4.78 is 1.56. The van der Waals surface area contributed by atoms with Crippen molar-refractivity contribution in [2.45, 2.75) is 19.8 Å². The Morgan fingerprint density at radius 1 is 1.62 bits per heavy atom. The van der Waals surface area contributed by atoms with Crippen molar-refractivity contribution >= 4 is 22.3 Å². The highest BCUT2D eigenvalue weighted by Gasteiger charge is 2.09. The third kappa shape index (κ3) is 1.94. The van der Waals surface area contributed by atoms with Gasteiger partial charge in [-0.15, -0.1) is 11.3 Å². The highest BCUT2D eigenvalue weighted by molar-refractivity contribution is 7.15. The summed E-state index contributed by atoms with van der Waals surface area (Å²) in [5, 5.41) is 14.5. The summed E-state index contributed by atoms with van der Waals surface area (Å²) in [5.74, 6) is -0.951. The molecule has 0 radical (unpaired) electrons. The molecule has 2 rings (SSSR count). The largest absolute Gasteiger partial charge is 0.481 e. The first-order valence-electron chi connectivity index (χ1n) is 4.64. The monoisotopic (exact) mass is 239 g/mol. The van der Waals surface area contributed by atoms with Gasteiger partial charge in [0.25, 0.3) is 5.56 Å². The zero-order valence-electron chi connectivity index (χ0n) is 8.51. The van der Waals surface area contributed by atoms with E-state index in [1.165, 1.54) is 11.3 Å². The van der Waals surface area contributed by atoms with Crippen LogP contribution in [0, 0.1) is 6.92 Å². The molecule has 6 nitrogen and oxygen atoms in total. The fraction of sp³-hybridized carbons (Fsp3) is 0.333. The minimum absolute atomic E-state index is 0.111. The van der Waals surface area contributed by atoms with E-state index in [9.17, 15) is 9.59 Å². The molecule has 0 unspecified atom stereocenters. The van der Waals surface area contributed by atoms with Gasteiger partial charge in [0.1, 0.15) is 5.69 Å². The number of aryl methyl sites for hydroxylation is 2. The van der Waals surface area contributed by atoms with Gasteiger partial charge in [-0.3, -0.25) is 9.59 Å². The number of aromatic nitrogens is 3. The predicted molar refractivity (Wildman–Crippen MR) is 57.8 cm³/mol. The Labute approximate surface area is 94.2 Å². The summed E-state index contributed by atoms with van der Waals surface area (Å²) in [5.41, 5.74) is 0.633. The van der Waals surface area contributed by atoms with Gasteiger partial charge in [-0.2, -0.15) is 10.1 Å². The van der Waals surface area contributed by atoms with E-state index in [0.717, 1.165) is 5.69 Å². The first-order chi connectivity index (χ1) is 7.58. The molecule has 0 amide bonds. The van der Waals surface area contributed by atoms with Crippen LogP contribution in [0.5, 0.6) is 0 Å². The number of rotatable bonds is 3. The lowest BCUT2D eigenvalue weighted by Crippen LogP contribution is -2.19. The zero-order chi connectivity index (χ0) is 11.7. The molecular formula is C9H9N3O3S. The van der Waals surface area contributed by atoms with Gasteiger partial charge < -0.3 is 5.11 Å². The zero-order valence-corrected chi connectivity index (χ0v) is 9.32. The highest BCUT2D eigenvalue weighted by Crippen LogP contribution is 2.10. The first kappa shape index (κ1) is 10.7. The SMILES string of the molecule is Cc1csc2nc(=O)c(CCC(=O)O)nn12. The van der Waals surface area contributed by atoms with Gasteiger partial charge in [0.05, 0.1) is 12.1 Å². The normalized spacial score (nSPS) is 10.8. The van der Waals surface area contributed by atoms with E-state index in [4.69, 9.17) is 5.11 Å². The fourth-order valence-corrected chi connectivity index (χ4v) is 2.08. The second-order valence-corrected chi connectivity index (χ2v) is 4.17. The van der Waals surface area contributed by atoms with Crippen LogP contribution in [-0.4, -0.2) is 25.7 Å². The Morgan fingerprint density at radius 3 is 3.06 bits per heavy atom. The Balaban J connectivity index is 2.44. The molecule has 0 aromatic carbocycles. The van der Waals surface area contributed by atoms with E-state index in [-0.39, 0.29) is 18.5 Å². The number of hydrogen-bond acceptors (Lipinski definition) is 5. The van der Waals surface area contributed by atoms with E-state index in [1.54, 1.807) is 4.52 Å². The third-order valence-electron chi connectivity index (χ3n) is 2.09. The first-order valence-corrected chi connectivity index (χ1v) is 5.52. The molecule has 2 aromatic heterocycles. The van der Waals surface area contributed by atoms with Crippen LogP contribution >= 0.6 is 11.3 Å². The summed E-state index contributed by atoms with van der Waals surface area (Å²) >= 11 is 1.33. The molecule has 7 heteroatoms. The molecule has 0 spiro atoms. The molecule has 0 aliphatic rings. The molecule has 0 fully saturated rings. The minimum atomic E-state index is -0.951. The molecule has 1 N–H and O–H groups in total. The van der Waals surface area contributed by atoms with Crippen LogP contribution in [0.25, 0.3) is 4.96 Å². The van der Waals surface area contributed by atoms with Crippen molar-refractivity contribution in [3.05, 3.63) is 27.1 Å². The van der Waals surface area contributed by atoms with Crippen LogP contribution in [0.1, 0.15) is 17.8 Å². The average Bonchev–Trinajstić information content (AvgIpc) is 2.56. The van der Waals surface area contributed by atoms with Crippen molar-refractivity contribution in [3.63, 3.8) is 0 Å². The molecule has 0 aliphatic heterocycles. The van der Waals surface area contributed by atoms with E-state index >= 15 is 0 Å². The topological polar surface area (TPSA) is 84.6 Å². The van der Waals surface area contributed by atoms with Gasteiger partial charge in [-0.1, -0.05) is 0 Å². The van der Waals surface area contributed by atoms with E-state index in [1.807, 2.05) is 12.3 Å². The van der Waals surface area contributed by atoms with Crippen molar-refractivity contribution in [1.29, 1.82) is 0 Å². The molecule has 0 saturated carbocycles. The summed E-state index contributed by atoms with van der Waals surface area (Å²) in [4.78, 5) is 26.3. The predicted octanol–water partition coefficient (Wildman–Crippen LogP) is 0.477. The van der Waals surface area contributed by atoms with Crippen molar-refractivity contribution in [2.75, 3.05) is 0 Å². The van der Waals surface area contributed by atoms with E-state index in [0.29, 0.717) is 4.96 Å². The number of fused-ring (bicyclic) bond motifs is 1. The Bertz CT molecular complexity index is 602. The number of aliphatic carboxylic acids is 1. The molecule has 16 heavy (non-hydrogen) atoms. The van der Waals surface area contributed by atoms with Crippen LogP contribution < -0.4 is 5.56 Å². The van der Waals surface area contributed by atoms with Gasteiger partial charge in [-0.25, -0.2) is 4.52 Å². The Kier molecular flexibility index (Phi) is 2.69. The summed E-state index contributed by atoms with van der Waals surface area (Å²) in [6.07, 6.45) is -0.00142. The van der Waals surface area contributed by atoms with Gasteiger partial charge in [0, 0.05) is 11.8 Å². The maximum absolute atomic E-state index is 11.5. The lowest BCUT2D eigenvalue weighted by Gasteiger charge is -1.98. The minimum Gasteiger partial charge on any atom is -0.481 e. The van der Waals surface area contributed by atoms with E-state index in [2.05, 4.69) is 10.1 Å². The Morgan fingerprint density at radius 2 is 2.38 bits per heavy atom. The summed E-state index contributed by atoms with van der Waals surface area (Å²) in [6, 6.07) is 0. The number of thiazole rings is 1. The second kappa shape index (κ2) is 4.01. The smallest absolute Gasteiger partial charge is 0.303 e. The van der Waals surface area contributed by atoms with Crippen molar-refractivity contribution in [1.82, 2.24) is 14.6 Å². The van der Waals surface area contributed by atoms with Crippen LogP contribution in [-0.2, 0) is 11.2 Å². The summed E-state index contributed by atoms with van der Waals surface area (Å²) in [7, 11) is 0. The number of carboxylic acids is 1. The fourth-order valence-electron chi connectivity index (χ4n) is 1.28. The Hall–Kier alpha value is -1.76. The number of hydrogen-bond donors (Lipinski definition) is 1. The van der Waals surface area contributed by atoms with Crippen molar-refractivity contribution < 1.29 is 9.90 Å². The van der Waals surface area contributed by atoms with Gasteiger partial charge in [0.15, 0.2) is 0 Å². The van der Waals surface area contributed by atoms with E-state index < -0.39 is 11.5 Å². The summed E-state index contributed by atoms with van der Waals surface area (Å²) in [6.45, 7) is 1.85.